The molecule has 0 bridgehead atoms. The lowest BCUT2D eigenvalue weighted by atomic mass is 10.3. The lowest BCUT2D eigenvalue weighted by Gasteiger charge is -2.10. The number of aliphatic hydroxyl groups is 1. The average Bonchev–Trinajstić information content (AvgIpc) is 1.69. The van der Waals surface area contributed by atoms with Gasteiger partial charge in [0, 0.05) is 0 Å². The molecule has 0 aromatic carbocycles. The van der Waals surface area contributed by atoms with E-state index in [-0.39, 0.29) is 0 Å². The lowest BCUT2D eigenvalue weighted by Crippen LogP contribution is -2.10. The third-order valence-electron chi connectivity index (χ3n) is 0.714. The molecule has 2 radical (unpaired) electrons. The van der Waals surface area contributed by atoms with Crippen LogP contribution >= 0.6 is 0 Å². The molecule has 0 fully saturated rings. The van der Waals surface area contributed by atoms with Gasteiger partial charge in [-0.3, -0.25) is 0 Å². The van der Waals surface area contributed by atoms with E-state index in [9.17, 15) is 0 Å². The fourth-order valence-corrected chi connectivity index (χ4v) is 0.395. The second kappa shape index (κ2) is 1.98. The van der Waals surface area contributed by atoms with Crippen LogP contribution in [0.1, 0.15) is 6.42 Å². The van der Waals surface area contributed by atoms with Gasteiger partial charge in [0.25, 0.3) is 0 Å². The Kier molecular flexibility index (Phi) is 1.32. The van der Waals surface area contributed by atoms with Crippen molar-refractivity contribution in [3.05, 3.63) is 18.8 Å². The largest absolute Gasteiger partial charge is 0.472 e. The standard InChI is InChI=1S/C5H6O2/c6-5-3-1-2-4-7-5/h2,4-6H,1H2. The Bertz CT molecular complexity index is 78.1. The number of hydrogen-bond acceptors (Lipinski definition) is 2. The highest BCUT2D eigenvalue weighted by atomic mass is 16.6. The minimum Gasteiger partial charge on any atom is -0.472 e. The molecule has 0 saturated heterocycles. The van der Waals surface area contributed by atoms with Gasteiger partial charge in [-0.15, -0.1) is 0 Å². The number of allylic oxidation sites excluding steroid dienone is 1. The molecule has 1 unspecified atom stereocenters. The summed E-state index contributed by atoms with van der Waals surface area (Å²) < 4.78 is 4.54. The van der Waals surface area contributed by atoms with Crippen molar-refractivity contribution in [2.75, 3.05) is 0 Å². The van der Waals surface area contributed by atoms with Gasteiger partial charge < -0.3 is 9.84 Å². The van der Waals surface area contributed by atoms with E-state index < -0.39 is 6.29 Å². The molecule has 1 rings (SSSR count). The van der Waals surface area contributed by atoms with Crippen molar-refractivity contribution in [2.45, 2.75) is 12.7 Å². The SMILES string of the molecule is OC1[C]CC=CO1. The van der Waals surface area contributed by atoms with Crippen LogP contribution in [-0.2, 0) is 4.74 Å². The maximum atomic E-state index is 8.52. The summed E-state index contributed by atoms with van der Waals surface area (Å²) in [5, 5.41) is 8.52. The van der Waals surface area contributed by atoms with Gasteiger partial charge in [0.2, 0.25) is 6.29 Å². The lowest BCUT2D eigenvalue weighted by molar-refractivity contribution is -0.0307. The second-order valence-electron chi connectivity index (χ2n) is 1.27. The molecule has 0 aliphatic carbocycles. The predicted octanol–water partition coefficient (Wildman–Crippen LogP) is 0.320. The average molecular weight is 98.1 g/mol. The summed E-state index contributed by atoms with van der Waals surface area (Å²) >= 11 is 0. The molecule has 0 saturated carbocycles. The van der Waals surface area contributed by atoms with Crippen molar-refractivity contribution in [3.63, 3.8) is 0 Å². The fraction of sp³-hybridized carbons (Fsp3) is 0.400. The minimum absolute atomic E-state index is 0.682. The van der Waals surface area contributed by atoms with Gasteiger partial charge in [-0.1, -0.05) is 0 Å². The molecule has 1 aliphatic heterocycles. The minimum atomic E-state index is -0.801. The summed E-state index contributed by atoms with van der Waals surface area (Å²) in [6.07, 6.45) is 5.77. The van der Waals surface area contributed by atoms with Crippen molar-refractivity contribution < 1.29 is 9.84 Å². The summed E-state index contributed by atoms with van der Waals surface area (Å²) in [5.74, 6) is 0. The number of hydrogen-bond donors (Lipinski definition) is 1. The Morgan fingerprint density at radius 3 is 3.00 bits per heavy atom. The summed E-state index contributed by atoms with van der Waals surface area (Å²) in [5.41, 5.74) is 0. The smallest absolute Gasteiger partial charge is 0.204 e. The van der Waals surface area contributed by atoms with E-state index in [4.69, 9.17) is 5.11 Å². The molecule has 1 aliphatic rings. The Morgan fingerprint density at radius 2 is 2.71 bits per heavy atom. The van der Waals surface area contributed by atoms with E-state index >= 15 is 0 Å². The van der Waals surface area contributed by atoms with Gasteiger partial charge in [0.05, 0.1) is 12.7 Å². The third kappa shape index (κ3) is 1.20. The van der Waals surface area contributed by atoms with Gasteiger partial charge in [-0.2, -0.15) is 0 Å². The molecule has 0 amide bonds. The zero-order valence-corrected chi connectivity index (χ0v) is 3.79. The van der Waals surface area contributed by atoms with Gasteiger partial charge >= 0.3 is 0 Å². The first-order chi connectivity index (χ1) is 3.39. The van der Waals surface area contributed by atoms with E-state index in [2.05, 4.69) is 11.2 Å². The molecule has 0 spiro atoms. The van der Waals surface area contributed by atoms with Crippen molar-refractivity contribution in [3.8, 4) is 0 Å². The Labute approximate surface area is 42.4 Å². The van der Waals surface area contributed by atoms with Crippen molar-refractivity contribution in [1.82, 2.24) is 0 Å². The van der Waals surface area contributed by atoms with Crippen LogP contribution in [0.25, 0.3) is 0 Å². The van der Waals surface area contributed by atoms with Gasteiger partial charge in [0.15, 0.2) is 0 Å². The predicted molar refractivity (Wildman–Crippen MR) is 24.1 cm³/mol. The molecule has 7 heavy (non-hydrogen) atoms. The molecule has 2 nitrogen and oxygen atoms in total. The highest BCUT2D eigenvalue weighted by Gasteiger charge is 2.04. The normalized spacial score (nSPS) is 29.6. The fourth-order valence-electron chi connectivity index (χ4n) is 0.395. The summed E-state index contributed by atoms with van der Waals surface area (Å²) in [6, 6.07) is 0. The zero-order chi connectivity index (χ0) is 5.11. The quantitative estimate of drug-likeness (QED) is 0.472. The molecular weight excluding hydrogens is 92.1 g/mol. The van der Waals surface area contributed by atoms with Crippen LogP contribution in [0.5, 0.6) is 0 Å². The number of ether oxygens (including phenoxy) is 1. The van der Waals surface area contributed by atoms with Crippen molar-refractivity contribution in [1.29, 1.82) is 0 Å². The van der Waals surface area contributed by atoms with Crippen LogP contribution < -0.4 is 0 Å². The van der Waals surface area contributed by atoms with Crippen LogP contribution in [0, 0.1) is 6.42 Å². The van der Waals surface area contributed by atoms with Crippen molar-refractivity contribution >= 4 is 0 Å². The zero-order valence-electron chi connectivity index (χ0n) is 3.79. The van der Waals surface area contributed by atoms with Gasteiger partial charge in [-0.05, 0) is 12.5 Å². The molecule has 2 heteroatoms. The molecule has 1 heterocycles. The topological polar surface area (TPSA) is 29.5 Å². The Morgan fingerprint density at radius 1 is 1.86 bits per heavy atom. The van der Waals surface area contributed by atoms with Crippen LogP contribution in [0.2, 0.25) is 0 Å². The van der Waals surface area contributed by atoms with E-state index in [0.29, 0.717) is 6.42 Å². The van der Waals surface area contributed by atoms with E-state index in [1.54, 1.807) is 6.08 Å². The van der Waals surface area contributed by atoms with Crippen LogP contribution in [0.4, 0.5) is 0 Å². The second-order valence-corrected chi connectivity index (χ2v) is 1.27. The van der Waals surface area contributed by atoms with E-state index in [1.165, 1.54) is 6.26 Å². The van der Waals surface area contributed by atoms with Gasteiger partial charge in [-0.25, -0.2) is 0 Å². The molecular formula is C5H6O2. The van der Waals surface area contributed by atoms with Crippen molar-refractivity contribution in [2.24, 2.45) is 0 Å². The van der Waals surface area contributed by atoms with E-state index in [0.717, 1.165) is 0 Å². The van der Waals surface area contributed by atoms with Crippen LogP contribution in [0.15, 0.2) is 12.3 Å². The maximum absolute atomic E-state index is 8.52. The van der Waals surface area contributed by atoms with Gasteiger partial charge in [0.1, 0.15) is 0 Å². The number of aliphatic hydroxyl groups excluding tert-OH is 1. The van der Waals surface area contributed by atoms with Crippen LogP contribution in [0.3, 0.4) is 0 Å². The highest BCUT2D eigenvalue weighted by molar-refractivity contribution is 4.88. The Balaban J connectivity index is 2.32. The summed E-state index contributed by atoms with van der Waals surface area (Å²) in [6.45, 7) is 0. The summed E-state index contributed by atoms with van der Waals surface area (Å²) in [7, 11) is 0. The molecule has 1 N–H and O–H groups in total. The van der Waals surface area contributed by atoms with Crippen LogP contribution in [-0.4, -0.2) is 11.4 Å². The maximum Gasteiger partial charge on any atom is 0.204 e. The first kappa shape index (κ1) is 4.65. The number of rotatable bonds is 0. The molecule has 0 aromatic heterocycles. The molecule has 1 atom stereocenters. The monoisotopic (exact) mass is 98.0 g/mol. The first-order valence-electron chi connectivity index (χ1n) is 2.11. The molecule has 38 valence electrons. The Hall–Kier alpha value is -0.500. The summed E-state index contributed by atoms with van der Waals surface area (Å²) in [4.78, 5) is 0. The highest BCUT2D eigenvalue weighted by Crippen LogP contribution is 2.04. The molecule has 0 aromatic rings. The first-order valence-corrected chi connectivity index (χ1v) is 2.11. The van der Waals surface area contributed by atoms with E-state index in [1.807, 2.05) is 0 Å². The third-order valence-corrected chi connectivity index (χ3v) is 0.714.